The minimum absolute atomic E-state index is 0. The standard InChI is InChI=1S/C6H5S.Na/c7-6-4-2-1-3-5-6;/h1-3H,4H2;/q-1;+1. The molecule has 0 bridgehead atoms. The van der Waals surface area contributed by atoms with Crippen LogP contribution in [0.3, 0.4) is 0 Å². The minimum atomic E-state index is 0. The van der Waals surface area contributed by atoms with Crippen molar-refractivity contribution in [2.45, 2.75) is 6.42 Å². The van der Waals surface area contributed by atoms with Gasteiger partial charge in [0.1, 0.15) is 0 Å². The summed E-state index contributed by atoms with van der Waals surface area (Å²) in [5.41, 5.74) is 0. The topological polar surface area (TPSA) is 0 Å². The zero-order chi connectivity index (χ0) is 5.11. The molecule has 0 N–H and O–H groups in total. The van der Waals surface area contributed by atoms with E-state index in [9.17, 15) is 0 Å². The largest absolute Gasteiger partial charge is 1.00 e. The van der Waals surface area contributed by atoms with E-state index in [2.05, 4.69) is 6.08 Å². The third-order valence-electron chi connectivity index (χ3n) is 0.780. The molecule has 0 spiro atoms. The van der Waals surface area contributed by atoms with Crippen molar-refractivity contribution in [1.29, 1.82) is 0 Å². The third-order valence-corrected chi connectivity index (χ3v) is 1.06. The van der Waals surface area contributed by atoms with Gasteiger partial charge in [0.2, 0.25) is 0 Å². The molecule has 0 saturated heterocycles. The molecule has 0 aromatic heterocycles. The van der Waals surface area contributed by atoms with Crippen LogP contribution in [0.4, 0.5) is 0 Å². The monoisotopic (exact) mass is 132 g/mol. The fourth-order valence-corrected chi connectivity index (χ4v) is 0.607. The van der Waals surface area contributed by atoms with Gasteiger partial charge in [0.25, 0.3) is 0 Å². The van der Waals surface area contributed by atoms with Gasteiger partial charge in [0.15, 0.2) is 0 Å². The van der Waals surface area contributed by atoms with Crippen molar-refractivity contribution < 1.29 is 29.6 Å². The van der Waals surface area contributed by atoms with Gasteiger partial charge in [-0.2, -0.15) is 6.08 Å². The summed E-state index contributed by atoms with van der Waals surface area (Å²) in [4.78, 5) is 0.905. The summed E-state index contributed by atoms with van der Waals surface area (Å²) in [5, 5.41) is 0. The number of thiocarbonyl (C=S) groups is 1. The molecule has 0 fully saturated rings. The summed E-state index contributed by atoms with van der Waals surface area (Å²) < 4.78 is 0. The van der Waals surface area contributed by atoms with Crippen LogP contribution in [0.5, 0.6) is 0 Å². The normalized spacial score (nSPS) is 15.8. The second-order valence-electron chi connectivity index (χ2n) is 1.37. The molecule has 0 radical (unpaired) electrons. The van der Waals surface area contributed by atoms with Crippen LogP contribution in [0.2, 0.25) is 0 Å². The van der Waals surface area contributed by atoms with Crippen LogP contribution in [0.1, 0.15) is 6.42 Å². The predicted molar refractivity (Wildman–Crippen MR) is 34.2 cm³/mol. The Hall–Kier alpha value is 0.570. The van der Waals surface area contributed by atoms with E-state index in [0.29, 0.717) is 0 Å². The molecule has 0 atom stereocenters. The first-order valence-electron chi connectivity index (χ1n) is 2.17. The van der Waals surface area contributed by atoms with E-state index in [-0.39, 0.29) is 29.6 Å². The van der Waals surface area contributed by atoms with Crippen molar-refractivity contribution in [2.24, 2.45) is 0 Å². The Morgan fingerprint density at radius 3 is 2.62 bits per heavy atom. The average molecular weight is 132 g/mol. The summed E-state index contributed by atoms with van der Waals surface area (Å²) in [7, 11) is 0. The van der Waals surface area contributed by atoms with Gasteiger partial charge in [0.05, 0.1) is 0 Å². The van der Waals surface area contributed by atoms with Crippen LogP contribution in [0, 0.1) is 6.08 Å². The number of hydrogen-bond acceptors (Lipinski definition) is 1. The van der Waals surface area contributed by atoms with E-state index in [1.165, 1.54) is 0 Å². The first-order valence-corrected chi connectivity index (χ1v) is 2.58. The van der Waals surface area contributed by atoms with Crippen molar-refractivity contribution in [3.05, 3.63) is 24.3 Å². The van der Waals surface area contributed by atoms with Crippen LogP contribution in [0.25, 0.3) is 0 Å². The smallest absolute Gasteiger partial charge is 0.235 e. The molecule has 0 heterocycles. The summed E-state index contributed by atoms with van der Waals surface area (Å²) in [6.07, 6.45) is 9.62. The average Bonchev–Trinajstić information content (AvgIpc) is 1.69. The molecule has 8 heavy (non-hydrogen) atoms. The zero-order valence-electron chi connectivity index (χ0n) is 4.85. The quantitative estimate of drug-likeness (QED) is 0.224. The Balaban J connectivity index is 0.000000490. The van der Waals surface area contributed by atoms with Crippen LogP contribution >= 0.6 is 12.2 Å². The van der Waals surface area contributed by atoms with Crippen molar-refractivity contribution in [2.75, 3.05) is 0 Å². The maximum absolute atomic E-state index is 4.81. The fraction of sp³-hybridized carbons (Fsp3) is 0.167. The predicted octanol–water partition coefficient (Wildman–Crippen LogP) is -1.32. The molecule has 0 aliphatic heterocycles. The molecule has 0 amide bonds. The maximum atomic E-state index is 4.81. The Morgan fingerprint density at radius 1 is 1.62 bits per heavy atom. The molecule has 1 aliphatic rings. The molecule has 0 aromatic carbocycles. The van der Waals surface area contributed by atoms with E-state index in [1.807, 2.05) is 18.2 Å². The van der Waals surface area contributed by atoms with Crippen molar-refractivity contribution >= 4 is 17.1 Å². The molecular formula is C6H5NaS. The minimum Gasteiger partial charge on any atom is -0.235 e. The van der Waals surface area contributed by atoms with Gasteiger partial charge >= 0.3 is 29.6 Å². The van der Waals surface area contributed by atoms with E-state index in [1.54, 1.807) is 0 Å². The number of allylic oxidation sites excluding steroid dienone is 4. The molecule has 1 aliphatic carbocycles. The van der Waals surface area contributed by atoms with E-state index in [4.69, 9.17) is 12.2 Å². The number of hydrogen-bond donors (Lipinski definition) is 0. The Bertz CT molecular complexity index is 135. The van der Waals surface area contributed by atoms with Gasteiger partial charge in [-0.25, -0.2) is 18.2 Å². The van der Waals surface area contributed by atoms with E-state index < -0.39 is 0 Å². The van der Waals surface area contributed by atoms with Crippen LogP contribution in [-0.4, -0.2) is 4.86 Å². The molecule has 36 valence electrons. The zero-order valence-corrected chi connectivity index (χ0v) is 7.66. The van der Waals surface area contributed by atoms with Crippen molar-refractivity contribution in [3.8, 4) is 0 Å². The second-order valence-corrected chi connectivity index (χ2v) is 1.86. The SMILES string of the molecule is S=C1[C-]=CC=CC1.[Na+]. The van der Waals surface area contributed by atoms with Gasteiger partial charge < -0.3 is 0 Å². The summed E-state index contributed by atoms with van der Waals surface area (Å²) >= 11 is 4.81. The van der Waals surface area contributed by atoms with Gasteiger partial charge in [-0.15, -0.1) is 12.2 Å². The van der Waals surface area contributed by atoms with Gasteiger partial charge in [0, 0.05) is 0 Å². The third kappa shape index (κ3) is 2.78. The van der Waals surface area contributed by atoms with E-state index >= 15 is 0 Å². The molecule has 0 nitrogen and oxygen atoms in total. The summed E-state index contributed by atoms with van der Waals surface area (Å²) in [6, 6.07) is 0. The van der Waals surface area contributed by atoms with Crippen molar-refractivity contribution in [1.82, 2.24) is 0 Å². The molecule has 0 saturated carbocycles. The van der Waals surface area contributed by atoms with Crippen LogP contribution in [-0.2, 0) is 0 Å². The summed E-state index contributed by atoms with van der Waals surface area (Å²) in [6.45, 7) is 0. The van der Waals surface area contributed by atoms with E-state index in [0.717, 1.165) is 11.3 Å². The van der Waals surface area contributed by atoms with Gasteiger partial charge in [-0.3, -0.25) is 0 Å². The molecule has 0 aromatic rings. The molecule has 1 rings (SSSR count). The first-order chi connectivity index (χ1) is 3.39. The van der Waals surface area contributed by atoms with Crippen LogP contribution in [0.15, 0.2) is 18.2 Å². The first kappa shape index (κ1) is 8.57. The van der Waals surface area contributed by atoms with Gasteiger partial charge in [-0.05, 0) is 6.42 Å². The maximum Gasteiger partial charge on any atom is 1.00 e. The van der Waals surface area contributed by atoms with Crippen molar-refractivity contribution in [3.63, 3.8) is 0 Å². The summed E-state index contributed by atoms with van der Waals surface area (Å²) in [5.74, 6) is 0. The molecule has 0 unspecified atom stereocenters. The molecular weight excluding hydrogens is 127 g/mol. The Morgan fingerprint density at radius 2 is 2.38 bits per heavy atom. The van der Waals surface area contributed by atoms with Crippen LogP contribution < -0.4 is 29.6 Å². The fourth-order valence-electron chi connectivity index (χ4n) is 0.443. The molecule has 2 heteroatoms. The number of rotatable bonds is 0. The Labute approximate surface area is 77.0 Å². The van der Waals surface area contributed by atoms with Gasteiger partial charge in [-0.1, -0.05) is 4.86 Å². The Kier molecular flexibility index (Phi) is 4.77. The second kappa shape index (κ2) is 4.45.